The molecule has 1 aliphatic heterocycles. The van der Waals surface area contributed by atoms with Crippen LogP contribution in [0.1, 0.15) is 23.7 Å². The number of carbonyl (C=O) groups excluding carboxylic acids is 1. The SMILES string of the molecule is O=C1CC(c2ccco2)c2c(cc(O)c3c(=O)c(-c4ccc(Cl)cc4)coc23)O1. The van der Waals surface area contributed by atoms with Crippen LogP contribution in [-0.4, -0.2) is 11.1 Å². The Morgan fingerprint density at radius 3 is 2.59 bits per heavy atom. The molecule has 1 unspecified atom stereocenters. The number of furan rings is 1. The van der Waals surface area contributed by atoms with Crippen molar-refractivity contribution in [1.82, 2.24) is 0 Å². The molecule has 6 nitrogen and oxygen atoms in total. The molecule has 1 atom stereocenters. The summed E-state index contributed by atoms with van der Waals surface area (Å²) in [6.07, 6.45) is 2.87. The zero-order chi connectivity index (χ0) is 20.1. The van der Waals surface area contributed by atoms with Gasteiger partial charge in [-0.05, 0) is 29.8 Å². The maximum absolute atomic E-state index is 13.2. The van der Waals surface area contributed by atoms with E-state index in [9.17, 15) is 14.7 Å². The summed E-state index contributed by atoms with van der Waals surface area (Å²) in [7, 11) is 0. The highest BCUT2D eigenvalue weighted by molar-refractivity contribution is 6.30. The van der Waals surface area contributed by atoms with E-state index >= 15 is 0 Å². The van der Waals surface area contributed by atoms with Crippen molar-refractivity contribution >= 4 is 28.5 Å². The molecule has 0 fully saturated rings. The third-order valence-electron chi connectivity index (χ3n) is 5.01. The molecular formula is C22H13ClO6. The van der Waals surface area contributed by atoms with Gasteiger partial charge in [-0.15, -0.1) is 0 Å². The quantitative estimate of drug-likeness (QED) is 0.376. The number of phenolic OH excluding ortho intramolecular Hbond substituents is 1. The van der Waals surface area contributed by atoms with Gasteiger partial charge < -0.3 is 18.7 Å². The second-order valence-corrected chi connectivity index (χ2v) is 7.18. The summed E-state index contributed by atoms with van der Waals surface area (Å²) in [5, 5.41) is 11.1. The standard InChI is InChI=1S/C22H13ClO6/c23-12-5-3-11(4-6-12)14-10-28-22-19-13(16-2-1-7-27-16)8-18(25)29-17(19)9-15(24)20(22)21(14)26/h1-7,9-10,13,24H,8H2. The Morgan fingerprint density at radius 2 is 1.86 bits per heavy atom. The Balaban J connectivity index is 1.79. The second-order valence-electron chi connectivity index (χ2n) is 6.74. The number of carbonyl (C=O) groups is 1. The third-order valence-corrected chi connectivity index (χ3v) is 5.26. The molecule has 2 aromatic heterocycles. The first kappa shape index (κ1) is 17.6. The average Bonchev–Trinajstić information content (AvgIpc) is 3.23. The minimum absolute atomic E-state index is 0.0192. The predicted molar refractivity (Wildman–Crippen MR) is 105 cm³/mol. The average molecular weight is 409 g/mol. The van der Waals surface area contributed by atoms with E-state index in [0.29, 0.717) is 21.9 Å². The molecule has 7 heteroatoms. The van der Waals surface area contributed by atoms with E-state index in [1.807, 2.05) is 0 Å². The van der Waals surface area contributed by atoms with Crippen LogP contribution in [0.3, 0.4) is 0 Å². The normalized spacial score (nSPS) is 15.9. The molecule has 4 aromatic rings. The Hall–Kier alpha value is -3.51. The Kier molecular flexibility index (Phi) is 3.96. The fourth-order valence-corrected chi connectivity index (χ4v) is 3.82. The first-order chi connectivity index (χ1) is 14.0. The van der Waals surface area contributed by atoms with E-state index in [4.69, 9.17) is 25.2 Å². The molecule has 0 bridgehead atoms. The maximum atomic E-state index is 13.2. The maximum Gasteiger partial charge on any atom is 0.312 e. The highest BCUT2D eigenvalue weighted by Crippen LogP contribution is 2.45. The number of ether oxygens (including phenoxy) is 1. The van der Waals surface area contributed by atoms with Crippen molar-refractivity contribution in [3.8, 4) is 22.6 Å². The van der Waals surface area contributed by atoms with Crippen molar-refractivity contribution in [2.45, 2.75) is 12.3 Å². The molecule has 0 aliphatic carbocycles. The topological polar surface area (TPSA) is 89.9 Å². The molecule has 29 heavy (non-hydrogen) atoms. The first-order valence-corrected chi connectivity index (χ1v) is 9.22. The molecule has 0 saturated carbocycles. The Morgan fingerprint density at radius 1 is 1.07 bits per heavy atom. The number of hydrogen-bond donors (Lipinski definition) is 1. The van der Waals surface area contributed by atoms with Crippen LogP contribution < -0.4 is 10.2 Å². The largest absolute Gasteiger partial charge is 0.507 e. The molecule has 5 rings (SSSR count). The van der Waals surface area contributed by atoms with Gasteiger partial charge in [-0.3, -0.25) is 9.59 Å². The monoisotopic (exact) mass is 408 g/mol. The van der Waals surface area contributed by atoms with Crippen molar-refractivity contribution in [1.29, 1.82) is 0 Å². The van der Waals surface area contributed by atoms with Crippen molar-refractivity contribution in [3.63, 3.8) is 0 Å². The second kappa shape index (κ2) is 6.53. The van der Waals surface area contributed by atoms with E-state index in [2.05, 4.69) is 0 Å². The van der Waals surface area contributed by atoms with E-state index < -0.39 is 17.3 Å². The van der Waals surface area contributed by atoms with Gasteiger partial charge in [0.1, 0.15) is 34.5 Å². The number of rotatable bonds is 2. The molecule has 1 aliphatic rings. The van der Waals surface area contributed by atoms with Gasteiger partial charge >= 0.3 is 5.97 Å². The molecule has 0 spiro atoms. The molecule has 0 saturated heterocycles. The van der Waals surface area contributed by atoms with Crippen LogP contribution in [0.25, 0.3) is 22.1 Å². The van der Waals surface area contributed by atoms with Crippen molar-refractivity contribution < 1.29 is 23.5 Å². The fourth-order valence-electron chi connectivity index (χ4n) is 3.69. The zero-order valence-electron chi connectivity index (χ0n) is 14.8. The molecule has 1 N–H and O–H groups in total. The number of benzene rings is 2. The summed E-state index contributed by atoms with van der Waals surface area (Å²) in [6.45, 7) is 0. The van der Waals surface area contributed by atoms with E-state index in [1.54, 1.807) is 36.4 Å². The summed E-state index contributed by atoms with van der Waals surface area (Å²) in [5.41, 5.74) is 1.15. The number of aromatic hydroxyl groups is 1. The van der Waals surface area contributed by atoms with Gasteiger partial charge in [0.05, 0.1) is 24.2 Å². The summed E-state index contributed by atoms with van der Waals surface area (Å²) in [5.74, 6) is -0.586. The lowest BCUT2D eigenvalue weighted by molar-refractivity contribution is -0.135. The van der Waals surface area contributed by atoms with Crippen molar-refractivity contribution in [2.75, 3.05) is 0 Å². The van der Waals surface area contributed by atoms with Gasteiger partial charge in [0, 0.05) is 16.7 Å². The molecule has 2 aromatic carbocycles. The molecule has 0 radical (unpaired) electrons. The highest BCUT2D eigenvalue weighted by Gasteiger charge is 2.35. The van der Waals surface area contributed by atoms with Gasteiger partial charge in [0.15, 0.2) is 0 Å². The van der Waals surface area contributed by atoms with Gasteiger partial charge in [-0.25, -0.2) is 0 Å². The first-order valence-electron chi connectivity index (χ1n) is 8.84. The zero-order valence-corrected chi connectivity index (χ0v) is 15.6. The van der Waals surface area contributed by atoms with E-state index in [-0.39, 0.29) is 34.5 Å². The van der Waals surface area contributed by atoms with Crippen LogP contribution in [0.5, 0.6) is 11.5 Å². The van der Waals surface area contributed by atoms with Crippen LogP contribution in [0, 0.1) is 0 Å². The van der Waals surface area contributed by atoms with Crippen LogP contribution in [0.4, 0.5) is 0 Å². The summed E-state index contributed by atoms with van der Waals surface area (Å²) in [4.78, 5) is 25.3. The van der Waals surface area contributed by atoms with Crippen LogP contribution in [0.2, 0.25) is 5.02 Å². The Bertz CT molecular complexity index is 1300. The molecule has 3 heterocycles. The van der Waals surface area contributed by atoms with Gasteiger partial charge in [-0.1, -0.05) is 23.7 Å². The minimum Gasteiger partial charge on any atom is -0.507 e. The number of hydrogen-bond acceptors (Lipinski definition) is 6. The lowest BCUT2D eigenvalue weighted by Crippen LogP contribution is -2.21. The molecular weight excluding hydrogens is 396 g/mol. The Labute approximate surface area is 168 Å². The van der Waals surface area contributed by atoms with Crippen LogP contribution in [-0.2, 0) is 4.79 Å². The number of esters is 1. The van der Waals surface area contributed by atoms with Crippen LogP contribution >= 0.6 is 11.6 Å². The number of halogens is 1. The predicted octanol–water partition coefficient (Wildman–Crippen LogP) is 4.85. The summed E-state index contributed by atoms with van der Waals surface area (Å²) in [6, 6.07) is 11.5. The molecule has 0 amide bonds. The van der Waals surface area contributed by atoms with Crippen LogP contribution in [0.15, 0.2) is 68.6 Å². The fraction of sp³-hybridized carbons (Fsp3) is 0.0909. The molecule has 144 valence electrons. The van der Waals surface area contributed by atoms with Gasteiger partial charge in [0.2, 0.25) is 5.43 Å². The summed E-state index contributed by atoms with van der Waals surface area (Å²) < 4.78 is 16.6. The van der Waals surface area contributed by atoms with E-state index in [0.717, 1.165) is 0 Å². The lowest BCUT2D eigenvalue weighted by atomic mass is 9.88. The van der Waals surface area contributed by atoms with E-state index in [1.165, 1.54) is 18.6 Å². The lowest BCUT2D eigenvalue weighted by Gasteiger charge is -2.24. The third kappa shape index (κ3) is 2.80. The highest BCUT2D eigenvalue weighted by atomic mass is 35.5. The number of fused-ring (bicyclic) bond motifs is 3. The summed E-state index contributed by atoms with van der Waals surface area (Å²) >= 11 is 5.92. The minimum atomic E-state index is -0.492. The van der Waals surface area contributed by atoms with Gasteiger partial charge in [0.25, 0.3) is 0 Å². The van der Waals surface area contributed by atoms with Crippen molar-refractivity contribution in [2.24, 2.45) is 0 Å². The number of phenols is 1. The smallest absolute Gasteiger partial charge is 0.312 e. The van der Waals surface area contributed by atoms with Crippen molar-refractivity contribution in [3.05, 3.63) is 81.6 Å². The van der Waals surface area contributed by atoms with Gasteiger partial charge in [-0.2, -0.15) is 0 Å².